The SMILES string of the molecule is Cc1ccc(C2NCCCC2F)cc1.Cl. The van der Waals surface area contributed by atoms with Gasteiger partial charge in [-0.2, -0.15) is 0 Å². The molecule has 84 valence electrons. The predicted octanol–water partition coefficient (Wildman–Crippen LogP) is 3.18. The molecular weight excluding hydrogens is 213 g/mol. The summed E-state index contributed by atoms with van der Waals surface area (Å²) < 4.78 is 13.6. The van der Waals surface area contributed by atoms with Gasteiger partial charge in [-0.05, 0) is 31.9 Å². The monoisotopic (exact) mass is 229 g/mol. The lowest BCUT2D eigenvalue weighted by molar-refractivity contribution is 0.201. The minimum Gasteiger partial charge on any atom is -0.308 e. The number of benzene rings is 1. The fourth-order valence-electron chi connectivity index (χ4n) is 1.95. The number of aryl methyl sites for hydroxylation is 1. The molecule has 1 aliphatic heterocycles. The van der Waals surface area contributed by atoms with Crippen LogP contribution >= 0.6 is 12.4 Å². The predicted molar refractivity (Wildman–Crippen MR) is 63.3 cm³/mol. The lowest BCUT2D eigenvalue weighted by Gasteiger charge is -2.27. The van der Waals surface area contributed by atoms with E-state index in [1.54, 1.807) is 0 Å². The Bertz CT molecular complexity index is 299. The van der Waals surface area contributed by atoms with E-state index in [0.717, 1.165) is 18.5 Å². The van der Waals surface area contributed by atoms with Crippen LogP contribution in [0, 0.1) is 6.92 Å². The summed E-state index contributed by atoms with van der Waals surface area (Å²) in [4.78, 5) is 0. The molecule has 0 amide bonds. The number of nitrogens with one attached hydrogen (secondary N) is 1. The molecule has 0 aliphatic carbocycles. The van der Waals surface area contributed by atoms with Crippen molar-refractivity contribution in [3.63, 3.8) is 0 Å². The van der Waals surface area contributed by atoms with Gasteiger partial charge >= 0.3 is 0 Å². The summed E-state index contributed by atoms with van der Waals surface area (Å²) in [6.45, 7) is 2.98. The molecular formula is C12H17ClFN. The Morgan fingerprint density at radius 1 is 1.27 bits per heavy atom. The molecule has 0 saturated carbocycles. The van der Waals surface area contributed by atoms with E-state index in [9.17, 15) is 4.39 Å². The molecule has 1 heterocycles. The maximum absolute atomic E-state index is 13.6. The van der Waals surface area contributed by atoms with E-state index in [4.69, 9.17) is 0 Å². The van der Waals surface area contributed by atoms with Crippen molar-refractivity contribution in [2.45, 2.75) is 32.0 Å². The molecule has 2 rings (SSSR count). The highest BCUT2D eigenvalue weighted by molar-refractivity contribution is 5.85. The first-order valence-electron chi connectivity index (χ1n) is 5.21. The van der Waals surface area contributed by atoms with Gasteiger partial charge in [-0.1, -0.05) is 29.8 Å². The number of halogens is 2. The third-order valence-electron chi connectivity index (χ3n) is 2.82. The summed E-state index contributed by atoms with van der Waals surface area (Å²) in [5.74, 6) is 0. The first-order chi connectivity index (χ1) is 6.77. The molecule has 1 N–H and O–H groups in total. The fourth-order valence-corrected chi connectivity index (χ4v) is 1.95. The molecule has 1 fully saturated rings. The van der Waals surface area contributed by atoms with E-state index >= 15 is 0 Å². The van der Waals surface area contributed by atoms with Gasteiger partial charge in [0.15, 0.2) is 0 Å². The van der Waals surface area contributed by atoms with Gasteiger partial charge < -0.3 is 5.32 Å². The van der Waals surface area contributed by atoms with Crippen LogP contribution in [-0.2, 0) is 0 Å². The van der Waals surface area contributed by atoms with Crippen LogP contribution in [0.3, 0.4) is 0 Å². The zero-order chi connectivity index (χ0) is 9.97. The fraction of sp³-hybridized carbons (Fsp3) is 0.500. The Balaban J connectivity index is 0.00000112. The van der Waals surface area contributed by atoms with Crippen LogP contribution in [0.1, 0.15) is 30.0 Å². The standard InChI is InChI=1S/C12H16FN.ClH/c1-9-4-6-10(7-5-9)12-11(13)3-2-8-14-12;/h4-7,11-12,14H,2-3,8H2,1H3;1H. The second kappa shape index (κ2) is 5.47. The Labute approximate surface area is 96.5 Å². The van der Waals surface area contributed by atoms with Crippen LogP contribution in [0.2, 0.25) is 0 Å². The Morgan fingerprint density at radius 3 is 2.53 bits per heavy atom. The lowest BCUT2D eigenvalue weighted by atomic mass is 9.95. The molecule has 1 aromatic rings. The zero-order valence-corrected chi connectivity index (χ0v) is 9.69. The van der Waals surface area contributed by atoms with Gasteiger partial charge in [-0.3, -0.25) is 0 Å². The Morgan fingerprint density at radius 2 is 1.93 bits per heavy atom. The van der Waals surface area contributed by atoms with E-state index in [1.165, 1.54) is 5.56 Å². The van der Waals surface area contributed by atoms with Crippen LogP contribution in [0.4, 0.5) is 4.39 Å². The van der Waals surface area contributed by atoms with E-state index in [1.807, 2.05) is 31.2 Å². The normalized spacial score (nSPS) is 25.7. The summed E-state index contributed by atoms with van der Waals surface area (Å²) >= 11 is 0. The van der Waals surface area contributed by atoms with E-state index in [-0.39, 0.29) is 18.4 Å². The van der Waals surface area contributed by atoms with E-state index in [0.29, 0.717) is 6.42 Å². The first kappa shape index (κ1) is 12.5. The van der Waals surface area contributed by atoms with Gasteiger partial charge in [0.1, 0.15) is 6.17 Å². The average Bonchev–Trinajstić information content (AvgIpc) is 2.20. The van der Waals surface area contributed by atoms with Crippen molar-refractivity contribution < 1.29 is 4.39 Å². The number of piperidine rings is 1. The number of hydrogen-bond acceptors (Lipinski definition) is 1. The van der Waals surface area contributed by atoms with Gasteiger partial charge in [-0.15, -0.1) is 12.4 Å². The highest BCUT2D eigenvalue weighted by Crippen LogP contribution is 2.26. The molecule has 1 saturated heterocycles. The summed E-state index contributed by atoms with van der Waals surface area (Å²) in [6.07, 6.45) is 0.904. The summed E-state index contributed by atoms with van der Waals surface area (Å²) in [5.41, 5.74) is 2.29. The Kier molecular flexibility index (Phi) is 4.55. The molecule has 0 radical (unpaired) electrons. The van der Waals surface area contributed by atoms with Crippen LogP contribution in [0.15, 0.2) is 24.3 Å². The molecule has 0 aromatic heterocycles. The van der Waals surface area contributed by atoms with Crippen molar-refractivity contribution in [1.29, 1.82) is 0 Å². The number of rotatable bonds is 1. The molecule has 2 atom stereocenters. The maximum Gasteiger partial charge on any atom is 0.120 e. The van der Waals surface area contributed by atoms with Crippen LogP contribution in [0.5, 0.6) is 0 Å². The topological polar surface area (TPSA) is 12.0 Å². The van der Waals surface area contributed by atoms with E-state index in [2.05, 4.69) is 5.32 Å². The molecule has 0 bridgehead atoms. The van der Waals surface area contributed by atoms with Gasteiger partial charge in [-0.25, -0.2) is 4.39 Å². The van der Waals surface area contributed by atoms with Gasteiger partial charge in [0.05, 0.1) is 6.04 Å². The molecule has 1 aliphatic rings. The number of hydrogen-bond donors (Lipinski definition) is 1. The van der Waals surface area contributed by atoms with Crippen molar-refractivity contribution in [3.05, 3.63) is 35.4 Å². The summed E-state index contributed by atoms with van der Waals surface area (Å²) in [5, 5.41) is 3.23. The van der Waals surface area contributed by atoms with E-state index < -0.39 is 6.17 Å². The van der Waals surface area contributed by atoms with Crippen molar-refractivity contribution in [1.82, 2.24) is 5.32 Å². The van der Waals surface area contributed by atoms with Gasteiger partial charge in [0.2, 0.25) is 0 Å². The quantitative estimate of drug-likeness (QED) is 0.780. The first-order valence-corrected chi connectivity index (χ1v) is 5.21. The largest absolute Gasteiger partial charge is 0.308 e. The highest BCUT2D eigenvalue weighted by atomic mass is 35.5. The minimum atomic E-state index is -0.730. The van der Waals surface area contributed by atoms with Crippen LogP contribution in [-0.4, -0.2) is 12.7 Å². The molecule has 1 nitrogen and oxygen atoms in total. The van der Waals surface area contributed by atoms with Crippen molar-refractivity contribution in [2.24, 2.45) is 0 Å². The molecule has 15 heavy (non-hydrogen) atoms. The third-order valence-corrected chi connectivity index (χ3v) is 2.82. The highest BCUT2D eigenvalue weighted by Gasteiger charge is 2.25. The summed E-state index contributed by atoms with van der Waals surface area (Å²) in [7, 11) is 0. The second-order valence-electron chi connectivity index (χ2n) is 4.00. The average molecular weight is 230 g/mol. The minimum absolute atomic E-state index is 0. The van der Waals surface area contributed by atoms with Crippen LogP contribution in [0.25, 0.3) is 0 Å². The summed E-state index contributed by atoms with van der Waals surface area (Å²) in [6, 6.07) is 8.02. The third kappa shape index (κ3) is 2.93. The second-order valence-corrected chi connectivity index (χ2v) is 4.00. The molecule has 0 spiro atoms. The Hall–Kier alpha value is -0.600. The zero-order valence-electron chi connectivity index (χ0n) is 8.87. The van der Waals surface area contributed by atoms with Crippen LogP contribution < -0.4 is 5.32 Å². The van der Waals surface area contributed by atoms with Gasteiger partial charge in [0.25, 0.3) is 0 Å². The lowest BCUT2D eigenvalue weighted by Crippen LogP contribution is -2.35. The van der Waals surface area contributed by atoms with Crippen molar-refractivity contribution in [3.8, 4) is 0 Å². The maximum atomic E-state index is 13.6. The molecule has 2 unspecified atom stereocenters. The van der Waals surface area contributed by atoms with Crippen molar-refractivity contribution >= 4 is 12.4 Å². The molecule has 1 aromatic carbocycles. The van der Waals surface area contributed by atoms with Gasteiger partial charge in [0, 0.05) is 0 Å². The van der Waals surface area contributed by atoms with Crippen molar-refractivity contribution in [2.75, 3.05) is 6.54 Å². The smallest absolute Gasteiger partial charge is 0.120 e. The molecule has 3 heteroatoms. The number of alkyl halides is 1.